The lowest BCUT2D eigenvalue weighted by Crippen LogP contribution is -2.05. The summed E-state index contributed by atoms with van der Waals surface area (Å²) in [6.45, 7) is 2.45. The predicted octanol–water partition coefficient (Wildman–Crippen LogP) is 3.06. The molecule has 1 aromatic heterocycles. The summed E-state index contributed by atoms with van der Waals surface area (Å²) in [6.07, 6.45) is 3.32. The maximum Gasteiger partial charge on any atom is 0.147 e. The van der Waals surface area contributed by atoms with Crippen LogP contribution in [0.15, 0.2) is 30.6 Å². The average molecular weight is 264 g/mol. The molecule has 0 aliphatic carbocycles. The number of aromatic nitrogens is 2. The maximum atomic E-state index is 6.16. The van der Waals surface area contributed by atoms with E-state index in [4.69, 9.17) is 16.3 Å². The van der Waals surface area contributed by atoms with Gasteiger partial charge in [0.05, 0.1) is 12.8 Å². The van der Waals surface area contributed by atoms with E-state index in [9.17, 15) is 0 Å². The Labute approximate surface area is 111 Å². The fourth-order valence-corrected chi connectivity index (χ4v) is 1.89. The summed E-state index contributed by atoms with van der Waals surface area (Å²) in [4.78, 5) is 8.39. The Morgan fingerprint density at radius 2 is 2.06 bits per heavy atom. The van der Waals surface area contributed by atoms with Gasteiger partial charge in [-0.1, -0.05) is 17.7 Å². The molecule has 4 nitrogen and oxygen atoms in total. The molecule has 94 valence electrons. The quantitative estimate of drug-likeness (QED) is 0.921. The van der Waals surface area contributed by atoms with Crippen molar-refractivity contribution in [3.8, 4) is 5.75 Å². The third kappa shape index (κ3) is 2.71. The molecule has 0 fully saturated rings. The van der Waals surface area contributed by atoms with Crippen LogP contribution in [0.1, 0.15) is 11.3 Å². The van der Waals surface area contributed by atoms with Crippen LogP contribution in [0.25, 0.3) is 0 Å². The van der Waals surface area contributed by atoms with Crippen LogP contribution in [0.5, 0.6) is 5.75 Å². The Hall–Kier alpha value is -1.81. The van der Waals surface area contributed by atoms with Crippen molar-refractivity contribution < 1.29 is 4.74 Å². The van der Waals surface area contributed by atoms with Crippen molar-refractivity contribution in [2.75, 3.05) is 12.4 Å². The molecule has 18 heavy (non-hydrogen) atoms. The Morgan fingerprint density at radius 3 is 2.78 bits per heavy atom. The van der Waals surface area contributed by atoms with Crippen LogP contribution >= 0.6 is 11.6 Å². The highest BCUT2D eigenvalue weighted by Gasteiger charge is 2.08. The van der Waals surface area contributed by atoms with Gasteiger partial charge in [-0.2, -0.15) is 0 Å². The third-order valence-corrected chi connectivity index (χ3v) is 2.96. The van der Waals surface area contributed by atoms with Gasteiger partial charge in [-0.15, -0.1) is 0 Å². The molecule has 1 heterocycles. The summed E-state index contributed by atoms with van der Waals surface area (Å²) >= 11 is 6.16. The largest absolute Gasteiger partial charge is 0.496 e. The van der Waals surface area contributed by atoms with E-state index in [0.29, 0.717) is 11.6 Å². The fourth-order valence-electron chi connectivity index (χ4n) is 1.65. The van der Waals surface area contributed by atoms with Crippen LogP contribution in [0.2, 0.25) is 5.02 Å². The molecule has 0 unspecified atom stereocenters. The van der Waals surface area contributed by atoms with Gasteiger partial charge in [0.15, 0.2) is 0 Å². The number of nitrogens with zero attached hydrogens (tertiary/aromatic N) is 2. The standard InChI is InChI=1S/C13H14ClN3O/c1-9-13(16-7-6-15-9)17-8-10-11(14)4-3-5-12(10)18-2/h3-7H,8H2,1-2H3,(H,16,17). The molecule has 1 aromatic carbocycles. The van der Waals surface area contributed by atoms with Crippen LogP contribution in [0.3, 0.4) is 0 Å². The van der Waals surface area contributed by atoms with Crippen LogP contribution in [0, 0.1) is 6.92 Å². The number of benzene rings is 1. The molecule has 0 aliphatic rings. The van der Waals surface area contributed by atoms with Gasteiger partial charge in [0, 0.05) is 29.5 Å². The first-order chi connectivity index (χ1) is 8.72. The van der Waals surface area contributed by atoms with Crippen molar-refractivity contribution >= 4 is 17.4 Å². The molecular formula is C13H14ClN3O. The Kier molecular flexibility index (Phi) is 3.99. The van der Waals surface area contributed by atoms with E-state index in [-0.39, 0.29) is 0 Å². The van der Waals surface area contributed by atoms with Crippen molar-refractivity contribution in [3.05, 3.63) is 46.9 Å². The minimum atomic E-state index is 0.544. The van der Waals surface area contributed by atoms with Crippen LogP contribution < -0.4 is 10.1 Å². The van der Waals surface area contributed by atoms with Crippen LogP contribution in [-0.2, 0) is 6.54 Å². The topological polar surface area (TPSA) is 47.0 Å². The van der Waals surface area contributed by atoms with Crippen molar-refractivity contribution in [1.29, 1.82) is 0 Å². The Morgan fingerprint density at radius 1 is 1.28 bits per heavy atom. The first kappa shape index (κ1) is 12.6. The number of nitrogens with one attached hydrogen (secondary N) is 1. The number of hydrogen-bond acceptors (Lipinski definition) is 4. The smallest absolute Gasteiger partial charge is 0.147 e. The zero-order valence-corrected chi connectivity index (χ0v) is 11.0. The minimum absolute atomic E-state index is 0.544. The van der Waals surface area contributed by atoms with Gasteiger partial charge in [-0.25, -0.2) is 4.98 Å². The van der Waals surface area contributed by atoms with Gasteiger partial charge in [-0.3, -0.25) is 4.98 Å². The number of halogens is 1. The molecule has 1 N–H and O–H groups in total. The van der Waals surface area contributed by atoms with Gasteiger partial charge >= 0.3 is 0 Å². The molecule has 0 bridgehead atoms. The lowest BCUT2D eigenvalue weighted by Gasteiger charge is -2.12. The summed E-state index contributed by atoms with van der Waals surface area (Å²) in [6, 6.07) is 5.58. The zero-order valence-electron chi connectivity index (χ0n) is 10.3. The van der Waals surface area contributed by atoms with Gasteiger partial charge in [0.1, 0.15) is 11.6 Å². The fraction of sp³-hybridized carbons (Fsp3) is 0.231. The highest BCUT2D eigenvalue weighted by molar-refractivity contribution is 6.31. The van der Waals surface area contributed by atoms with E-state index in [0.717, 1.165) is 22.8 Å². The lowest BCUT2D eigenvalue weighted by molar-refractivity contribution is 0.410. The zero-order chi connectivity index (χ0) is 13.0. The predicted molar refractivity (Wildman–Crippen MR) is 72.1 cm³/mol. The second-order valence-corrected chi connectivity index (χ2v) is 4.17. The first-order valence-electron chi connectivity index (χ1n) is 5.55. The summed E-state index contributed by atoms with van der Waals surface area (Å²) in [5, 5.41) is 3.88. The molecule has 0 amide bonds. The number of anilines is 1. The summed E-state index contributed by atoms with van der Waals surface area (Å²) in [5.41, 5.74) is 1.76. The Balaban J connectivity index is 2.18. The van der Waals surface area contributed by atoms with E-state index >= 15 is 0 Å². The molecule has 0 atom stereocenters. The van der Waals surface area contributed by atoms with E-state index in [1.807, 2.05) is 25.1 Å². The molecule has 2 rings (SSSR count). The van der Waals surface area contributed by atoms with E-state index in [2.05, 4.69) is 15.3 Å². The second-order valence-electron chi connectivity index (χ2n) is 3.76. The number of rotatable bonds is 4. The van der Waals surface area contributed by atoms with Crippen LogP contribution in [-0.4, -0.2) is 17.1 Å². The molecule has 0 aliphatic heterocycles. The normalized spacial score (nSPS) is 10.2. The summed E-state index contributed by atoms with van der Waals surface area (Å²) in [5.74, 6) is 1.51. The van der Waals surface area contributed by atoms with Crippen molar-refractivity contribution in [2.24, 2.45) is 0 Å². The number of ether oxygens (including phenoxy) is 1. The molecule has 0 saturated heterocycles. The monoisotopic (exact) mass is 263 g/mol. The van der Waals surface area contributed by atoms with Crippen molar-refractivity contribution in [3.63, 3.8) is 0 Å². The highest BCUT2D eigenvalue weighted by atomic mass is 35.5. The highest BCUT2D eigenvalue weighted by Crippen LogP contribution is 2.26. The van der Waals surface area contributed by atoms with E-state index < -0.39 is 0 Å². The van der Waals surface area contributed by atoms with Gasteiger partial charge in [0.2, 0.25) is 0 Å². The lowest BCUT2D eigenvalue weighted by atomic mass is 10.2. The van der Waals surface area contributed by atoms with E-state index in [1.54, 1.807) is 19.5 Å². The molecule has 0 spiro atoms. The van der Waals surface area contributed by atoms with E-state index in [1.165, 1.54) is 0 Å². The van der Waals surface area contributed by atoms with Gasteiger partial charge < -0.3 is 10.1 Å². The number of methoxy groups -OCH3 is 1. The van der Waals surface area contributed by atoms with Crippen molar-refractivity contribution in [2.45, 2.75) is 13.5 Å². The molecule has 5 heteroatoms. The third-order valence-electron chi connectivity index (χ3n) is 2.61. The number of aryl methyl sites for hydroxylation is 1. The SMILES string of the molecule is COc1cccc(Cl)c1CNc1nccnc1C. The minimum Gasteiger partial charge on any atom is -0.496 e. The first-order valence-corrected chi connectivity index (χ1v) is 5.93. The summed E-state index contributed by atoms with van der Waals surface area (Å²) < 4.78 is 5.28. The molecular weight excluding hydrogens is 250 g/mol. The van der Waals surface area contributed by atoms with Crippen molar-refractivity contribution in [1.82, 2.24) is 9.97 Å². The average Bonchev–Trinajstić information content (AvgIpc) is 2.39. The Bertz CT molecular complexity index is 546. The summed E-state index contributed by atoms with van der Waals surface area (Å²) in [7, 11) is 1.63. The second kappa shape index (κ2) is 5.69. The molecule has 2 aromatic rings. The molecule has 0 radical (unpaired) electrons. The van der Waals surface area contributed by atoms with Crippen LogP contribution in [0.4, 0.5) is 5.82 Å². The molecule has 0 saturated carbocycles. The maximum absolute atomic E-state index is 6.16. The van der Waals surface area contributed by atoms with Gasteiger partial charge in [-0.05, 0) is 19.1 Å². The number of hydrogen-bond donors (Lipinski definition) is 1. The van der Waals surface area contributed by atoms with Gasteiger partial charge in [0.25, 0.3) is 0 Å².